The van der Waals surface area contributed by atoms with Crippen LogP contribution in [0, 0.1) is 12.7 Å². The molecule has 0 bridgehead atoms. The van der Waals surface area contributed by atoms with Crippen LogP contribution in [-0.2, 0) is 6.54 Å². The van der Waals surface area contributed by atoms with Crippen molar-refractivity contribution in [1.82, 2.24) is 20.0 Å². The molecule has 34 heavy (non-hydrogen) atoms. The topological polar surface area (TPSA) is 130 Å². The number of rotatable bonds is 7. The molecule has 2 aromatic carbocycles. The summed E-state index contributed by atoms with van der Waals surface area (Å²) in [4.78, 5) is 17.1. The minimum absolute atomic E-state index is 0.0219. The molecule has 0 saturated heterocycles. The van der Waals surface area contributed by atoms with Crippen LogP contribution in [0.5, 0.6) is 11.5 Å². The molecule has 176 valence electrons. The first-order valence-corrected chi connectivity index (χ1v) is 10.3. The van der Waals surface area contributed by atoms with Crippen LogP contribution in [0.25, 0.3) is 11.5 Å². The van der Waals surface area contributed by atoms with E-state index in [1.54, 1.807) is 32.2 Å². The zero-order chi connectivity index (χ0) is 24.4. The summed E-state index contributed by atoms with van der Waals surface area (Å²) in [7, 11) is 3.07. The number of hydrogen-bond acceptors (Lipinski definition) is 8. The molecule has 0 fully saturated rings. The highest BCUT2D eigenvalue weighted by atomic mass is 35.5. The summed E-state index contributed by atoms with van der Waals surface area (Å²) in [6.45, 7) is 1.85. The van der Waals surface area contributed by atoms with E-state index in [4.69, 9.17) is 31.2 Å². The van der Waals surface area contributed by atoms with Crippen LogP contribution in [0.15, 0.2) is 40.8 Å². The summed E-state index contributed by atoms with van der Waals surface area (Å²) in [6.07, 6.45) is 0. The number of nitrogen functional groups attached to an aromatic ring is 1. The molecule has 2 heterocycles. The van der Waals surface area contributed by atoms with Gasteiger partial charge in [-0.15, -0.1) is 5.10 Å². The number of carbonyl (C=O) groups is 1. The van der Waals surface area contributed by atoms with Crippen LogP contribution in [0.4, 0.5) is 15.9 Å². The number of para-hydroxylation sites is 1. The van der Waals surface area contributed by atoms with E-state index in [1.165, 1.54) is 23.9 Å². The summed E-state index contributed by atoms with van der Waals surface area (Å²) in [5, 5.41) is 10.3. The maximum atomic E-state index is 13.3. The third kappa shape index (κ3) is 4.37. The van der Waals surface area contributed by atoms with Gasteiger partial charge in [0.15, 0.2) is 23.0 Å². The third-order valence-electron chi connectivity index (χ3n) is 4.99. The van der Waals surface area contributed by atoms with Gasteiger partial charge in [-0.05, 0) is 37.3 Å². The number of methoxy groups -OCH3 is 2. The molecule has 12 heteroatoms. The number of anilines is 2. The number of aryl methyl sites for hydroxylation is 1. The van der Waals surface area contributed by atoms with Crippen LogP contribution in [-0.4, -0.2) is 40.1 Å². The number of halogens is 2. The molecule has 0 aliphatic rings. The number of benzene rings is 2. The van der Waals surface area contributed by atoms with Crippen molar-refractivity contribution in [2.24, 2.45) is 0 Å². The average Bonchev–Trinajstić information content (AvgIpc) is 3.38. The van der Waals surface area contributed by atoms with E-state index in [-0.39, 0.29) is 28.8 Å². The average molecular weight is 487 g/mol. The normalized spacial score (nSPS) is 10.9. The Morgan fingerprint density at radius 3 is 2.76 bits per heavy atom. The van der Waals surface area contributed by atoms with Crippen LogP contribution in [0.2, 0.25) is 5.02 Å². The second-order valence-electron chi connectivity index (χ2n) is 7.13. The number of oxazole rings is 1. The lowest BCUT2D eigenvalue weighted by Gasteiger charge is -2.09. The fourth-order valence-electron chi connectivity index (χ4n) is 3.25. The highest BCUT2D eigenvalue weighted by molar-refractivity contribution is 6.31. The van der Waals surface area contributed by atoms with E-state index in [0.717, 1.165) is 6.07 Å². The molecule has 1 amide bonds. The molecular formula is C22H20ClFN6O4. The van der Waals surface area contributed by atoms with Crippen molar-refractivity contribution >= 4 is 29.0 Å². The van der Waals surface area contributed by atoms with Crippen molar-refractivity contribution in [1.29, 1.82) is 0 Å². The fourth-order valence-corrected chi connectivity index (χ4v) is 3.43. The summed E-state index contributed by atoms with van der Waals surface area (Å²) in [5.41, 5.74) is 7.44. The van der Waals surface area contributed by atoms with Gasteiger partial charge < -0.3 is 24.9 Å². The van der Waals surface area contributed by atoms with Gasteiger partial charge in [-0.2, -0.15) is 0 Å². The van der Waals surface area contributed by atoms with E-state index >= 15 is 0 Å². The van der Waals surface area contributed by atoms with E-state index in [9.17, 15) is 9.18 Å². The van der Waals surface area contributed by atoms with Crippen LogP contribution >= 0.6 is 11.6 Å². The Hall–Kier alpha value is -4.12. The Labute approximate surface area is 198 Å². The van der Waals surface area contributed by atoms with Gasteiger partial charge in [-0.25, -0.2) is 14.1 Å². The molecule has 10 nitrogen and oxygen atoms in total. The molecule has 0 aliphatic heterocycles. The maximum Gasteiger partial charge on any atom is 0.280 e. The van der Waals surface area contributed by atoms with Gasteiger partial charge in [0, 0.05) is 5.69 Å². The standard InChI is InChI=1S/C22H20ClFN6O4/c1-11-16(27-22(34-11)13-5-4-6-17(32-2)19(13)33-3)10-30-20(25)18(28-29-30)21(31)26-12-7-8-15(24)14(23)9-12/h4-9H,10,25H2,1-3H3,(H,26,31). The zero-order valence-corrected chi connectivity index (χ0v) is 19.2. The molecular weight excluding hydrogens is 467 g/mol. The molecule has 4 aromatic rings. The minimum Gasteiger partial charge on any atom is -0.493 e. The van der Waals surface area contributed by atoms with Gasteiger partial charge >= 0.3 is 0 Å². The number of carbonyl (C=O) groups excluding carboxylic acids is 1. The number of nitrogens with two attached hydrogens (primary N) is 1. The first kappa shape index (κ1) is 23.1. The third-order valence-corrected chi connectivity index (χ3v) is 5.28. The summed E-state index contributed by atoms with van der Waals surface area (Å²) in [5.74, 6) is 0.682. The van der Waals surface area contributed by atoms with Crippen molar-refractivity contribution in [2.75, 3.05) is 25.3 Å². The lowest BCUT2D eigenvalue weighted by molar-refractivity contribution is 0.102. The Morgan fingerprint density at radius 1 is 1.26 bits per heavy atom. The highest BCUT2D eigenvalue weighted by Gasteiger charge is 2.22. The molecule has 0 unspecified atom stereocenters. The Balaban J connectivity index is 1.56. The first-order valence-electron chi connectivity index (χ1n) is 9.95. The van der Waals surface area contributed by atoms with E-state index in [1.807, 2.05) is 0 Å². The number of aromatic nitrogens is 4. The van der Waals surface area contributed by atoms with Gasteiger partial charge in [0.2, 0.25) is 5.89 Å². The van der Waals surface area contributed by atoms with Gasteiger partial charge in [0.1, 0.15) is 17.3 Å². The fraction of sp³-hybridized carbons (Fsp3) is 0.182. The number of amides is 1. The summed E-state index contributed by atoms with van der Waals surface area (Å²) >= 11 is 5.75. The van der Waals surface area contributed by atoms with Gasteiger partial charge in [0.05, 0.1) is 31.4 Å². The predicted molar refractivity (Wildman–Crippen MR) is 123 cm³/mol. The van der Waals surface area contributed by atoms with Crippen molar-refractivity contribution < 1.29 is 23.1 Å². The SMILES string of the molecule is COc1cccc(-c2nc(Cn3nnc(C(=O)Nc4ccc(F)c(Cl)c4)c3N)c(C)o2)c1OC. The van der Waals surface area contributed by atoms with Crippen molar-refractivity contribution in [3.63, 3.8) is 0 Å². The summed E-state index contributed by atoms with van der Waals surface area (Å²) < 4.78 is 31.3. The van der Waals surface area contributed by atoms with E-state index in [0.29, 0.717) is 34.4 Å². The molecule has 2 aromatic heterocycles. The Morgan fingerprint density at radius 2 is 2.06 bits per heavy atom. The highest BCUT2D eigenvalue weighted by Crippen LogP contribution is 2.38. The van der Waals surface area contributed by atoms with Crippen molar-refractivity contribution in [3.05, 3.63) is 64.4 Å². The van der Waals surface area contributed by atoms with E-state index < -0.39 is 11.7 Å². The molecule has 0 aliphatic carbocycles. The molecule has 0 spiro atoms. The number of ether oxygens (including phenoxy) is 2. The second-order valence-corrected chi connectivity index (χ2v) is 7.53. The van der Waals surface area contributed by atoms with Crippen LogP contribution in [0.1, 0.15) is 21.9 Å². The Kier molecular flexibility index (Phi) is 6.37. The lowest BCUT2D eigenvalue weighted by atomic mass is 10.2. The molecule has 3 N–H and O–H groups in total. The van der Waals surface area contributed by atoms with Gasteiger partial charge in [0.25, 0.3) is 5.91 Å². The maximum absolute atomic E-state index is 13.3. The molecule has 0 atom stereocenters. The monoisotopic (exact) mass is 486 g/mol. The largest absolute Gasteiger partial charge is 0.493 e. The number of hydrogen-bond donors (Lipinski definition) is 2. The molecule has 0 radical (unpaired) electrons. The lowest BCUT2D eigenvalue weighted by Crippen LogP contribution is -2.15. The van der Waals surface area contributed by atoms with Crippen LogP contribution < -0.4 is 20.5 Å². The zero-order valence-electron chi connectivity index (χ0n) is 18.4. The molecule has 4 rings (SSSR count). The van der Waals surface area contributed by atoms with Crippen LogP contribution in [0.3, 0.4) is 0 Å². The van der Waals surface area contributed by atoms with Gasteiger partial charge in [-0.3, -0.25) is 4.79 Å². The minimum atomic E-state index is -0.620. The summed E-state index contributed by atoms with van der Waals surface area (Å²) in [6, 6.07) is 9.15. The predicted octanol–water partition coefficient (Wildman–Crippen LogP) is 3.93. The number of nitrogens with one attached hydrogen (secondary N) is 1. The molecule has 0 saturated carbocycles. The smallest absolute Gasteiger partial charge is 0.280 e. The van der Waals surface area contributed by atoms with Crippen molar-refractivity contribution in [3.8, 4) is 23.0 Å². The number of nitrogens with zero attached hydrogens (tertiary/aromatic N) is 4. The second kappa shape index (κ2) is 9.40. The van der Waals surface area contributed by atoms with Gasteiger partial charge in [-0.1, -0.05) is 22.9 Å². The van der Waals surface area contributed by atoms with Crippen molar-refractivity contribution in [2.45, 2.75) is 13.5 Å². The quantitative estimate of drug-likeness (QED) is 0.401. The van der Waals surface area contributed by atoms with E-state index in [2.05, 4.69) is 20.6 Å². The first-order chi connectivity index (χ1) is 16.3. The Bertz CT molecular complexity index is 1370.